The van der Waals surface area contributed by atoms with Crippen LogP contribution in [-0.2, 0) is 19.7 Å². The van der Waals surface area contributed by atoms with Crippen molar-refractivity contribution in [3.05, 3.63) is 99.0 Å². The molecule has 0 saturated carbocycles. The molecule has 3 aliphatic rings. The molecule has 3 heterocycles. The van der Waals surface area contributed by atoms with Crippen LogP contribution >= 0.6 is 15.9 Å². The van der Waals surface area contributed by atoms with Gasteiger partial charge in [0.15, 0.2) is 11.5 Å². The van der Waals surface area contributed by atoms with E-state index in [4.69, 9.17) is 9.47 Å². The quantitative estimate of drug-likeness (QED) is 0.367. The smallest absolute Gasteiger partial charge is 0.231 e. The Bertz CT molecular complexity index is 1270. The topological polar surface area (TPSA) is 45.2 Å². The van der Waals surface area contributed by atoms with Crippen LogP contribution in [0.4, 0.5) is 0 Å². The molecule has 37 heavy (non-hydrogen) atoms. The number of ether oxygens (including phenoxy) is 2. The second kappa shape index (κ2) is 11.0. The van der Waals surface area contributed by atoms with Crippen LogP contribution in [0.5, 0.6) is 11.5 Å². The molecule has 6 heteroatoms. The van der Waals surface area contributed by atoms with Crippen molar-refractivity contribution in [2.75, 3.05) is 26.4 Å². The second-order valence-corrected chi connectivity index (χ2v) is 11.1. The molecule has 0 aliphatic carbocycles. The summed E-state index contributed by atoms with van der Waals surface area (Å²) in [5.41, 5.74) is 7.43. The molecule has 192 valence electrons. The van der Waals surface area contributed by atoms with Gasteiger partial charge in [0.05, 0.1) is 12.6 Å². The number of hydrogen-bond donors (Lipinski definition) is 1. The van der Waals surface area contributed by atoms with Crippen molar-refractivity contribution >= 4 is 21.5 Å². The number of hydrogen-bond acceptors (Lipinski definition) is 5. The van der Waals surface area contributed by atoms with E-state index in [-0.39, 0.29) is 19.4 Å². The molecule has 5 nitrogen and oxygen atoms in total. The third-order valence-electron chi connectivity index (χ3n) is 7.77. The summed E-state index contributed by atoms with van der Waals surface area (Å²) >= 11 is 3.76. The lowest BCUT2D eigenvalue weighted by Gasteiger charge is -2.35. The number of nitrogens with zero attached hydrogens (tertiary/aromatic N) is 2. The summed E-state index contributed by atoms with van der Waals surface area (Å²) in [6.07, 6.45) is 6.03. The number of fused-ring (bicyclic) bond motifs is 1. The van der Waals surface area contributed by atoms with Gasteiger partial charge in [0.25, 0.3) is 0 Å². The van der Waals surface area contributed by atoms with Gasteiger partial charge in [0, 0.05) is 24.1 Å². The zero-order valence-corrected chi connectivity index (χ0v) is 22.6. The van der Waals surface area contributed by atoms with E-state index >= 15 is 0 Å². The van der Waals surface area contributed by atoms with Crippen molar-refractivity contribution in [1.29, 1.82) is 0 Å². The molecule has 0 bridgehead atoms. The van der Waals surface area contributed by atoms with Crippen molar-refractivity contribution in [2.45, 2.75) is 45.0 Å². The summed E-state index contributed by atoms with van der Waals surface area (Å²) in [5, 5.41) is 9.45. The van der Waals surface area contributed by atoms with E-state index in [9.17, 15) is 5.11 Å². The van der Waals surface area contributed by atoms with Crippen molar-refractivity contribution in [2.24, 2.45) is 0 Å². The molecule has 1 atom stereocenters. The van der Waals surface area contributed by atoms with Gasteiger partial charge in [-0.15, -0.1) is 0 Å². The largest absolute Gasteiger partial charge is 0.454 e. The van der Waals surface area contributed by atoms with E-state index in [1.54, 1.807) is 0 Å². The summed E-state index contributed by atoms with van der Waals surface area (Å²) in [7, 11) is 0. The molecule has 0 amide bonds. The number of rotatable bonds is 7. The molecular weight excluding hydrogens is 528 g/mol. The lowest BCUT2D eigenvalue weighted by atomic mass is 9.91. The van der Waals surface area contributed by atoms with E-state index in [2.05, 4.69) is 74.3 Å². The first-order valence-electron chi connectivity index (χ1n) is 13.2. The van der Waals surface area contributed by atoms with Gasteiger partial charge in [-0.1, -0.05) is 70.5 Å². The van der Waals surface area contributed by atoms with Crippen LogP contribution in [0.1, 0.15) is 53.1 Å². The molecule has 1 fully saturated rings. The fourth-order valence-corrected chi connectivity index (χ4v) is 6.10. The summed E-state index contributed by atoms with van der Waals surface area (Å²) in [5.74, 6) is 1.62. The maximum absolute atomic E-state index is 9.45. The average molecular weight is 562 g/mol. The van der Waals surface area contributed by atoms with Gasteiger partial charge in [0.1, 0.15) is 0 Å². The van der Waals surface area contributed by atoms with E-state index < -0.39 is 0 Å². The first kappa shape index (κ1) is 24.7. The maximum atomic E-state index is 9.45. The molecule has 3 aromatic rings. The highest BCUT2D eigenvalue weighted by Gasteiger charge is 2.26. The van der Waals surface area contributed by atoms with Gasteiger partial charge in [-0.2, -0.15) is 0 Å². The Morgan fingerprint density at radius 1 is 0.838 bits per heavy atom. The molecule has 0 aromatic heterocycles. The van der Waals surface area contributed by atoms with Crippen LogP contribution in [0, 0.1) is 0 Å². The summed E-state index contributed by atoms with van der Waals surface area (Å²) < 4.78 is 12.3. The van der Waals surface area contributed by atoms with Gasteiger partial charge >= 0.3 is 0 Å². The minimum absolute atomic E-state index is 0.0733. The normalized spacial score (nSPS) is 19.8. The highest BCUT2D eigenvalue weighted by molar-refractivity contribution is 9.10. The third-order valence-corrected chi connectivity index (χ3v) is 8.51. The van der Waals surface area contributed by atoms with E-state index in [1.165, 1.54) is 53.8 Å². The molecular formula is C31H33BrN2O3. The lowest BCUT2D eigenvalue weighted by molar-refractivity contribution is 0.173. The van der Waals surface area contributed by atoms with Crippen molar-refractivity contribution in [3.8, 4) is 11.5 Å². The van der Waals surface area contributed by atoms with Crippen molar-refractivity contribution < 1.29 is 14.6 Å². The standard InChI is InChI=1S/C31H33BrN2O3/c32-28-17-31-30(36-21-37-31)16-27(28)19-34-14-11-26(24-7-5-23(20-35)6-8-24)15-29(34)25-9-3-22(4-10-25)18-33-12-1-2-13-33/h3-10,15-17,29,35H,1-2,11-14,18-21H2. The van der Waals surface area contributed by atoms with Gasteiger partial charge < -0.3 is 14.6 Å². The van der Waals surface area contributed by atoms with Crippen LogP contribution in [0.25, 0.3) is 5.57 Å². The predicted octanol–water partition coefficient (Wildman–Crippen LogP) is 6.30. The second-order valence-electron chi connectivity index (χ2n) is 10.2. The van der Waals surface area contributed by atoms with E-state index in [0.29, 0.717) is 0 Å². The van der Waals surface area contributed by atoms with E-state index in [0.717, 1.165) is 47.6 Å². The van der Waals surface area contributed by atoms with Gasteiger partial charge in [-0.25, -0.2) is 0 Å². The number of halogens is 1. The first-order valence-corrected chi connectivity index (χ1v) is 14.0. The highest BCUT2D eigenvalue weighted by Crippen LogP contribution is 2.40. The Balaban J connectivity index is 1.29. The van der Waals surface area contributed by atoms with Gasteiger partial charge in [0.2, 0.25) is 6.79 Å². The molecule has 1 N–H and O–H groups in total. The molecule has 0 radical (unpaired) electrons. The third kappa shape index (κ3) is 5.48. The zero-order chi connectivity index (χ0) is 25.2. The van der Waals surface area contributed by atoms with Gasteiger partial charge in [-0.3, -0.25) is 9.80 Å². The average Bonchev–Trinajstić information content (AvgIpc) is 3.62. The minimum atomic E-state index is 0.0733. The summed E-state index contributed by atoms with van der Waals surface area (Å²) in [4.78, 5) is 5.09. The molecule has 3 aliphatic heterocycles. The minimum Gasteiger partial charge on any atom is -0.454 e. The Hall–Kier alpha value is -2.64. The fourth-order valence-electron chi connectivity index (χ4n) is 5.65. The first-order chi connectivity index (χ1) is 18.2. The summed E-state index contributed by atoms with van der Waals surface area (Å²) in [6.45, 7) is 5.58. The maximum Gasteiger partial charge on any atom is 0.231 e. The predicted molar refractivity (Wildman–Crippen MR) is 149 cm³/mol. The van der Waals surface area contributed by atoms with Crippen LogP contribution in [0.15, 0.2) is 71.2 Å². The molecule has 0 spiro atoms. The Morgan fingerprint density at radius 2 is 1.54 bits per heavy atom. The monoisotopic (exact) mass is 560 g/mol. The zero-order valence-electron chi connectivity index (χ0n) is 21.0. The molecule has 1 saturated heterocycles. The SMILES string of the molecule is OCc1ccc(C2=CC(c3ccc(CN4CCCC4)cc3)N(Cc3cc4c(cc3Br)OCO4)CC2)cc1. The Morgan fingerprint density at radius 3 is 2.27 bits per heavy atom. The number of likely N-dealkylation sites (tertiary alicyclic amines) is 1. The van der Waals surface area contributed by atoms with E-state index in [1.807, 2.05) is 18.2 Å². The Labute approximate surface area is 227 Å². The van der Waals surface area contributed by atoms with Crippen molar-refractivity contribution in [1.82, 2.24) is 9.80 Å². The highest BCUT2D eigenvalue weighted by atomic mass is 79.9. The van der Waals surface area contributed by atoms with Crippen LogP contribution in [-0.4, -0.2) is 41.3 Å². The van der Waals surface area contributed by atoms with Crippen LogP contribution in [0.3, 0.4) is 0 Å². The number of aliphatic hydroxyl groups excluding tert-OH is 1. The molecule has 3 aromatic carbocycles. The van der Waals surface area contributed by atoms with Crippen LogP contribution in [0.2, 0.25) is 0 Å². The van der Waals surface area contributed by atoms with Gasteiger partial charge in [-0.05, 0) is 77.9 Å². The van der Waals surface area contributed by atoms with Crippen LogP contribution < -0.4 is 9.47 Å². The molecule has 1 unspecified atom stereocenters. The Kier molecular flexibility index (Phi) is 7.34. The molecule has 6 rings (SSSR count). The lowest BCUT2D eigenvalue weighted by Crippen LogP contribution is -2.32. The fraction of sp³-hybridized carbons (Fsp3) is 0.355. The summed E-state index contributed by atoms with van der Waals surface area (Å²) in [6, 6.07) is 21.8. The number of aliphatic hydroxyl groups is 1. The van der Waals surface area contributed by atoms with Crippen molar-refractivity contribution in [3.63, 3.8) is 0 Å². The number of benzene rings is 3.